The van der Waals surface area contributed by atoms with Crippen LogP contribution in [0.25, 0.3) is 0 Å². The van der Waals surface area contributed by atoms with E-state index in [1.165, 1.54) is 11.1 Å². The van der Waals surface area contributed by atoms with E-state index in [0.717, 1.165) is 24.9 Å². The topological polar surface area (TPSA) is 59.4 Å². The van der Waals surface area contributed by atoms with Crippen molar-refractivity contribution in [3.63, 3.8) is 0 Å². The van der Waals surface area contributed by atoms with E-state index in [1.54, 1.807) is 4.68 Å². The van der Waals surface area contributed by atoms with Gasteiger partial charge in [0.05, 0.1) is 25.1 Å². The van der Waals surface area contributed by atoms with Crippen LogP contribution in [-0.2, 0) is 28.9 Å². The summed E-state index contributed by atoms with van der Waals surface area (Å²) in [6.45, 7) is 2.89. The van der Waals surface area contributed by atoms with Crippen molar-refractivity contribution in [3.8, 4) is 0 Å². The maximum absolute atomic E-state index is 12.3. The molecule has 1 aromatic heterocycles. The summed E-state index contributed by atoms with van der Waals surface area (Å²) in [6, 6.07) is 9.08. The first-order chi connectivity index (χ1) is 12.3. The molecule has 0 spiro atoms. The summed E-state index contributed by atoms with van der Waals surface area (Å²) in [7, 11) is 0. The predicted molar refractivity (Wildman–Crippen MR) is 95.5 cm³/mol. The molecular weight excluding hydrogens is 316 g/mol. The molecule has 1 N–H and O–H groups in total. The molecular formula is C19H24N4O2. The van der Waals surface area contributed by atoms with Gasteiger partial charge in [-0.05, 0) is 30.4 Å². The van der Waals surface area contributed by atoms with Gasteiger partial charge in [0, 0.05) is 25.3 Å². The molecule has 1 aromatic carbocycles. The highest BCUT2D eigenvalue weighted by molar-refractivity contribution is 5.76. The highest BCUT2D eigenvalue weighted by Crippen LogP contribution is 2.23. The van der Waals surface area contributed by atoms with Crippen molar-refractivity contribution in [3.05, 3.63) is 47.8 Å². The molecule has 0 unspecified atom stereocenters. The van der Waals surface area contributed by atoms with E-state index >= 15 is 0 Å². The average molecular weight is 340 g/mol. The number of nitrogens with zero attached hydrogens (tertiary/aromatic N) is 3. The van der Waals surface area contributed by atoms with E-state index in [0.29, 0.717) is 32.3 Å². The Kier molecular flexibility index (Phi) is 4.70. The van der Waals surface area contributed by atoms with Gasteiger partial charge in [-0.15, -0.1) is 0 Å². The SMILES string of the molecule is O=C(Cn1cc(N[C@H]2CCc3ccccc3C2)cn1)N1CCOCC1. The molecule has 132 valence electrons. The summed E-state index contributed by atoms with van der Waals surface area (Å²) in [5.74, 6) is 0.101. The van der Waals surface area contributed by atoms with Crippen LogP contribution in [0.5, 0.6) is 0 Å². The second-order valence-electron chi connectivity index (χ2n) is 6.77. The van der Waals surface area contributed by atoms with Crippen molar-refractivity contribution in [2.45, 2.75) is 31.8 Å². The summed E-state index contributed by atoms with van der Waals surface area (Å²) in [5, 5.41) is 7.90. The second-order valence-corrected chi connectivity index (χ2v) is 6.77. The van der Waals surface area contributed by atoms with Crippen LogP contribution in [0.1, 0.15) is 17.5 Å². The molecule has 4 rings (SSSR count). The standard InChI is InChI=1S/C19H24N4O2/c24-19(22-7-9-25-10-8-22)14-23-13-18(12-20-23)21-17-6-5-15-3-1-2-4-16(15)11-17/h1-4,12-13,17,21H,5-11,14H2/t17-/m0/s1. The fourth-order valence-electron chi connectivity index (χ4n) is 3.63. The molecule has 2 heterocycles. The second kappa shape index (κ2) is 7.27. The lowest BCUT2D eigenvalue weighted by molar-refractivity contribution is -0.136. The van der Waals surface area contributed by atoms with E-state index in [9.17, 15) is 4.79 Å². The predicted octanol–water partition coefficient (Wildman–Crippen LogP) is 1.71. The molecule has 6 nitrogen and oxygen atoms in total. The minimum absolute atomic E-state index is 0.101. The smallest absolute Gasteiger partial charge is 0.244 e. The average Bonchev–Trinajstić information content (AvgIpc) is 3.09. The van der Waals surface area contributed by atoms with Gasteiger partial charge >= 0.3 is 0 Å². The summed E-state index contributed by atoms with van der Waals surface area (Å²) < 4.78 is 7.01. The van der Waals surface area contributed by atoms with Crippen molar-refractivity contribution < 1.29 is 9.53 Å². The minimum atomic E-state index is 0.101. The van der Waals surface area contributed by atoms with Crippen molar-refractivity contribution in [2.24, 2.45) is 0 Å². The van der Waals surface area contributed by atoms with E-state index in [2.05, 4.69) is 34.7 Å². The number of aryl methyl sites for hydroxylation is 1. The number of amides is 1. The third-order valence-electron chi connectivity index (χ3n) is 5.01. The number of hydrogen-bond acceptors (Lipinski definition) is 4. The first-order valence-electron chi connectivity index (χ1n) is 8.99. The lowest BCUT2D eigenvalue weighted by Gasteiger charge is -2.26. The minimum Gasteiger partial charge on any atom is -0.379 e. The van der Waals surface area contributed by atoms with Crippen molar-refractivity contribution in [1.82, 2.24) is 14.7 Å². The molecule has 0 radical (unpaired) electrons. The number of ether oxygens (including phenoxy) is 1. The van der Waals surface area contributed by atoms with E-state index in [1.807, 2.05) is 17.3 Å². The summed E-state index contributed by atoms with van der Waals surface area (Å²) in [4.78, 5) is 14.1. The number of morpholine rings is 1. The fourth-order valence-corrected chi connectivity index (χ4v) is 3.63. The number of fused-ring (bicyclic) bond motifs is 1. The third-order valence-corrected chi connectivity index (χ3v) is 5.01. The highest BCUT2D eigenvalue weighted by Gasteiger charge is 2.20. The van der Waals surface area contributed by atoms with Gasteiger partial charge in [0.2, 0.25) is 5.91 Å². The van der Waals surface area contributed by atoms with Crippen LogP contribution < -0.4 is 5.32 Å². The third kappa shape index (κ3) is 3.85. The van der Waals surface area contributed by atoms with Gasteiger partial charge < -0.3 is 15.0 Å². The first kappa shape index (κ1) is 16.1. The molecule has 1 fully saturated rings. The zero-order valence-electron chi connectivity index (χ0n) is 14.4. The van der Waals surface area contributed by atoms with Crippen LogP contribution in [0.4, 0.5) is 5.69 Å². The van der Waals surface area contributed by atoms with Crippen LogP contribution in [0.2, 0.25) is 0 Å². The molecule has 1 amide bonds. The molecule has 2 aromatic rings. The zero-order valence-corrected chi connectivity index (χ0v) is 14.4. The molecule has 1 atom stereocenters. The Morgan fingerprint density at radius 3 is 2.88 bits per heavy atom. The van der Waals surface area contributed by atoms with Gasteiger partial charge in [-0.2, -0.15) is 5.10 Å². The highest BCUT2D eigenvalue weighted by atomic mass is 16.5. The summed E-state index contributed by atoms with van der Waals surface area (Å²) in [5.41, 5.74) is 3.88. The Morgan fingerprint density at radius 2 is 2.04 bits per heavy atom. The number of aromatic nitrogens is 2. The van der Waals surface area contributed by atoms with Crippen molar-refractivity contribution in [2.75, 3.05) is 31.6 Å². The largest absolute Gasteiger partial charge is 0.379 e. The van der Waals surface area contributed by atoms with Gasteiger partial charge in [-0.25, -0.2) is 0 Å². The van der Waals surface area contributed by atoms with Crippen LogP contribution >= 0.6 is 0 Å². The number of benzene rings is 1. The van der Waals surface area contributed by atoms with Crippen LogP contribution in [0.3, 0.4) is 0 Å². The quantitative estimate of drug-likeness (QED) is 0.921. The molecule has 1 saturated heterocycles. The number of nitrogens with one attached hydrogen (secondary N) is 1. The lowest BCUT2D eigenvalue weighted by Crippen LogP contribution is -2.42. The van der Waals surface area contributed by atoms with Crippen LogP contribution in [0, 0.1) is 0 Å². The van der Waals surface area contributed by atoms with Gasteiger partial charge in [0.15, 0.2) is 0 Å². The fraction of sp³-hybridized carbons (Fsp3) is 0.474. The zero-order chi connectivity index (χ0) is 17.1. The van der Waals surface area contributed by atoms with Crippen LogP contribution in [-0.4, -0.2) is 52.9 Å². The van der Waals surface area contributed by atoms with Crippen molar-refractivity contribution >= 4 is 11.6 Å². The molecule has 0 saturated carbocycles. The van der Waals surface area contributed by atoms with E-state index in [4.69, 9.17) is 4.74 Å². The monoisotopic (exact) mass is 340 g/mol. The number of anilines is 1. The molecule has 0 bridgehead atoms. The van der Waals surface area contributed by atoms with E-state index in [-0.39, 0.29) is 12.5 Å². The Hall–Kier alpha value is -2.34. The number of carbonyl (C=O) groups excluding carboxylic acids is 1. The Labute approximate surface area is 147 Å². The number of hydrogen-bond donors (Lipinski definition) is 1. The van der Waals surface area contributed by atoms with Crippen molar-refractivity contribution in [1.29, 1.82) is 0 Å². The lowest BCUT2D eigenvalue weighted by atomic mass is 9.88. The summed E-state index contributed by atoms with van der Waals surface area (Å²) in [6.07, 6.45) is 7.01. The maximum Gasteiger partial charge on any atom is 0.244 e. The van der Waals surface area contributed by atoms with Gasteiger partial charge in [0.25, 0.3) is 0 Å². The van der Waals surface area contributed by atoms with Gasteiger partial charge in [0.1, 0.15) is 6.54 Å². The Balaban J connectivity index is 1.33. The van der Waals surface area contributed by atoms with E-state index < -0.39 is 0 Å². The van der Waals surface area contributed by atoms with Gasteiger partial charge in [-0.1, -0.05) is 24.3 Å². The van der Waals surface area contributed by atoms with Gasteiger partial charge in [-0.3, -0.25) is 9.48 Å². The van der Waals surface area contributed by atoms with Crippen LogP contribution in [0.15, 0.2) is 36.7 Å². The number of rotatable bonds is 4. The molecule has 25 heavy (non-hydrogen) atoms. The Bertz CT molecular complexity index is 737. The molecule has 1 aliphatic heterocycles. The number of carbonyl (C=O) groups is 1. The first-order valence-corrected chi connectivity index (χ1v) is 8.99. The maximum atomic E-state index is 12.3. The Morgan fingerprint density at radius 1 is 1.24 bits per heavy atom. The normalized spacial score (nSPS) is 20.2. The molecule has 1 aliphatic carbocycles. The molecule has 2 aliphatic rings. The summed E-state index contributed by atoms with van der Waals surface area (Å²) >= 11 is 0. The molecule has 6 heteroatoms.